The quantitative estimate of drug-likeness (QED) is 0.745. The van der Waals surface area contributed by atoms with E-state index in [0.717, 1.165) is 12.8 Å². The Morgan fingerprint density at radius 2 is 2.20 bits per heavy atom. The topological polar surface area (TPSA) is 92.3 Å². The number of aliphatic hydroxyl groups excluding tert-OH is 1. The van der Waals surface area contributed by atoms with Crippen molar-refractivity contribution in [2.75, 3.05) is 5.32 Å². The molecule has 2 amide bonds. The minimum absolute atomic E-state index is 0.203. The first-order valence-corrected chi connectivity index (χ1v) is 8.96. The lowest BCUT2D eigenvalue weighted by molar-refractivity contribution is 0.130. The van der Waals surface area contributed by atoms with Crippen LogP contribution in [-0.2, 0) is 0 Å². The molecule has 2 aromatic rings. The van der Waals surface area contributed by atoms with E-state index in [1.54, 1.807) is 18.3 Å². The zero-order valence-corrected chi connectivity index (χ0v) is 14.5. The third-order valence-corrected chi connectivity index (χ3v) is 4.66. The average Bonchev–Trinajstić information content (AvgIpc) is 3.27. The van der Waals surface area contributed by atoms with Crippen LogP contribution in [0.5, 0.6) is 0 Å². The average molecular weight is 346 g/mol. The SMILES string of the molecule is C[C@@H](C[C@H](O)c1ccco1)NC(=O)Nc1ccnn1C1CCCCC1. The first kappa shape index (κ1) is 17.5. The van der Waals surface area contributed by atoms with E-state index in [1.807, 2.05) is 17.7 Å². The molecule has 2 heterocycles. The summed E-state index contributed by atoms with van der Waals surface area (Å²) in [4.78, 5) is 12.3. The Bertz CT molecular complexity index is 662. The Labute approximate surface area is 147 Å². The van der Waals surface area contributed by atoms with Crippen molar-refractivity contribution in [1.82, 2.24) is 15.1 Å². The molecule has 0 unspecified atom stereocenters. The number of hydrogen-bond donors (Lipinski definition) is 3. The van der Waals surface area contributed by atoms with Crippen LogP contribution in [0.3, 0.4) is 0 Å². The van der Waals surface area contributed by atoms with E-state index in [2.05, 4.69) is 15.7 Å². The van der Waals surface area contributed by atoms with Crippen LogP contribution in [0.15, 0.2) is 35.1 Å². The summed E-state index contributed by atoms with van der Waals surface area (Å²) in [6.45, 7) is 1.85. The molecular weight excluding hydrogens is 320 g/mol. The molecule has 0 spiro atoms. The number of carbonyl (C=O) groups is 1. The number of aromatic nitrogens is 2. The second kappa shape index (κ2) is 8.20. The molecule has 2 aromatic heterocycles. The van der Waals surface area contributed by atoms with Gasteiger partial charge >= 0.3 is 6.03 Å². The molecular formula is C18H26N4O3. The highest BCUT2D eigenvalue weighted by Crippen LogP contribution is 2.29. The van der Waals surface area contributed by atoms with Gasteiger partial charge in [0.05, 0.1) is 18.5 Å². The van der Waals surface area contributed by atoms with Crippen LogP contribution in [0.2, 0.25) is 0 Å². The predicted octanol–water partition coefficient (Wildman–Crippen LogP) is 3.62. The highest BCUT2D eigenvalue weighted by molar-refractivity contribution is 5.88. The van der Waals surface area contributed by atoms with Crippen LogP contribution >= 0.6 is 0 Å². The summed E-state index contributed by atoms with van der Waals surface area (Å²) in [6, 6.07) is 5.13. The third-order valence-electron chi connectivity index (χ3n) is 4.66. The maximum atomic E-state index is 12.3. The van der Waals surface area contributed by atoms with Crippen LogP contribution in [0.25, 0.3) is 0 Å². The zero-order valence-electron chi connectivity index (χ0n) is 14.5. The molecule has 1 aliphatic rings. The number of urea groups is 1. The Hall–Kier alpha value is -2.28. The van der Waals surface area contributed by atoms with Crippen molar-refractivity contribution in [3.05, 3.63) is 36.4 Å². The second-order valence-electron chi connectivity index (χ2n) is 6.72. The van der Waals surface area contributed by atoms with Crippen molar-refractivity contribution in [3.63, 3.8) is 0 Å². The maximum Gasteiger partial charge on any atom is 0.320 e. The van der Waals surface area contributed by atoms with Crippen molar-refractivity contribution < 1.29 is 14.3 Å². The van der Waals surface area contributed by atoms with Gasteiger partial charge in [0, 0.05) is 18.5 Å². The molecule has 0 aliphatic heterocycles. The van der Waals surface area contributed by atoms with E-state index in [-0.39, 0.29) is 12.1 Å². The van der Waals surface area contributed by atoms with E-state index in [4.69, 9.17) is 4.42 Å². The normalized spacial score (nSPS) is 17.8. The van der Waals surface area contributed by atoms with Gasteiger partial charge < -0.3 is 14.8 Å². The number of nitrogens with zero attached hydrogens (tertiary/aromatic N) is 2. The van der Waals surface area contributed by atoms with E-state index in [9.17, 15) is 9.90 Å². The lowest BCUT2D eigenvalue weighted by Gasteiger charge is -2.24. The molecule has 7 nitrogen and oxygen atoms in total. The van der Waals surface area contributed by atoms with Gasteiger partial charge in [-0.2, -0.15) is 5.10 Å². The minimum Gasteiger partial charge on any atom is -0.467 e. The van der Waals surface area contributed by atoms with E-state index in [0.29, 0.717) is 24.0 Å². The number of anilines is 1. The Kier molecular flexibility index (Phi) is 5.75. The monoisotopic (exact) mass is 346 g/mol. The highest BCUT2D eigenvalue weighted by atomic mass is 16.4. The van der Waals surface area contributed by atoms with Gasteiger partial charge in [-0.1, -0.05) is 19.3 Å². The molecule has 0 bridgehead atoms. The fraction of sp³-hybridized carbons (Fsp3) is 0.556. The summed E-state index contributed by atoms with van der Waals surface area (Å²) in [6.07, 6.45) is 8.77. The molecule has 0 radical (unpaired) electrons. The number of carbonyl (C=O) groups excluding carboxylic acids is 1. The van der Waals surface area contributed by atoms with Gasteiger partial charge in [-0.25, -0.2) is 9.48 Å². The highest BCUT2D eigenvalue weighted by Gasteiger charge is 2.20. The molecule has 1 aliphatic carbocycles. The van der Waals surface area contributed by atoms with E-state index < -0.39 is 6.10 Å². The van der Waals surface area contributed by atoms with E-state index >= 15 is 0 Å². The van der Waals surface area contributed by atoms with Crippen LogP contribution in [0.1, 0.15) is 63.4 Å². The molecule has 2 atom stereocenters. The van der Waals surface area contributed by atoms with Crippen molar-refractivity contribution in [3.8, 4) is 0 Å². The maximum absolute atomic E-state index is 12.3. The number of furan rings is 1. The molecule has 3 rings (SSSR count). The smallest absolute Gasteiger partial charge is 0.320 e. The number of rotatable bonds is 6. The molecule has 0 aromatic carbocycles. The Balaban J connectivity index is 1.51. The predicted molar refractivity (Wildman–Crippen MR) is 94.3 cm³/mol. The van der Waals surface area contributed by atoms with Gasteiger partial charge in [0.25, 0.3) is 0 Å². The Morgan fingerprint density at radius 3 is 2.92 bits per heavy atom. The fourth-order valence-electron chi connectivity index (χ4n) is 3.40. The third kappa shape index (κ3) is 4.63. The van der Waals surface area contributed by atoms with Crippen LogP contribution in [0.4, 0.5) is 10.6 Å². The molecule has 0 saturated heterocycles. The van der Waals surface area contributed by atoms with Gasteiger partial charge in [0.1, 0.15) is 17.7 Å². The van der Waals surface area contributed by atoms with Crippen molar-refractivity contribution in [1.29, 1.82) is 0 Å². The van der Waals surface area contributed by atoms with Gasteiger partial charge in [0.2, 0.25) is 0 Å². The molecule has 3 N–H and O–H groups in total. The van der Waals surface area contributed by atoms with Crippen LogP contribution < -0.4 is 10.6 Å². The number of nitrogens with one attached hydrogen (secondary N) is 2. The van der Waals surface area contributed by atoms with Gasteiger partial charge in [-0.05, 0) is 31.9 Å². The van der Waals surface area contributed by atoms with Crippen molar-refractivity contribution in [2.24, 2.45) is 0 Å². The first-order chi connectivity index (χ1) is 12.1. The van der Waals surface area contributed by atoms with Crippen molar-refractivity contribution >= 4 is 11.8 Å². The standard InChI is InChI=1S/C18H26N4O3/c1-13(12-15(23)16-8-5-11-25-16)20-18(24)21-17-9-10-19-22(17)14-6-3-2-4-7-14/h5,8-11,13-15,23H,2-4,6-7,12H2,1H3,(H2,20,21,24)/t13-,15-/m0/s1. The first-order valence-electron chi connectivity index (χ1n) is 8.96. The second-order valence-corrected chi connectivity index (χ2v) is 6.72. The van der Waals surface area contributed by atoms with Gasteiger partial charge in [-0.3, -0.25) is 5.32 Å². The Morgan fingerprint density at radius 1 is 1.40 bits per heavy atom. The number of amides is 2. The lowest BCUT2D eigenvalue weighted by Crippen LogP contribution is -2.37. The summed E-state index contributed by atoms with van der Waals surface area (Å²) in [5.74, 6) is 1.22. The van der Waals surface area contributed by atoms with E-state index in [1.165, 1.54) is 25.5 Å². The molecule has 1 fully saturated rings. The summed E-state index contributed by atoms with van der Waals surface area (Å²) < 4.78 is 7.10. The fourth-order valence-corrected chi connectivity index (χ4v) is 3.40. The van der Waals surface area contributed by atoms with Crippen molar-refractivity contribution in [2.45, 2.75) is 63.6 Å². The van der Waals surface area contributed by atoms with Crippen LogP contribution in [-0.4, -0.2) is 27.0 Å². The largest absolute Gasteiger partial charge is 0.467 e. The van der Waals surface area contributed by atoms with Gasteiger partial charge in [0.15, 0.2) is 0 Å². The number of aliphatic hydroxyl groups is 1. The molecule has 1 saturated carbocycles. The zero-order chi connectivity index (χ0) is 17.6. The minimum atomic E-state index is -0.738. The summed E-state index contributed by atoms with van der Waals surface area (Å²) in [5.41, 5.74) is 0. The van der Waals surface area contributed by atoms with Gasteiger partial charge in [-0.15, -0.1) is 0 Å². The molecule has 25 heavy (non-hydrogen) atoms. The molecule has 7 heteroatoms. The summed E-state index contributed by atoms with van der Waals surface area (Å²) in [7, 11) is 0. The molecule has 136 valence electrons. The number of hydrogen-bond acceptors (Lipinski definition) is 4. The van der Waals surface area contributed by atoms with Crippen LogP contribution in [0, 0.1) is 0 Å². The summed E-state index contributed by atoms with van der Waals surface area (Å²) >= 11 is 0. The lowest BCUT2D eigenvalue weighted by atomic mass is 9.96. The summed E-state index contributed by atoms with van der Waals surface area (Å²) in [5, 5.41) is 20.2.